The van der Waals surface area contributed by atoms with Crippen LogP contribution in [0.25, 0.3) is 0 Å². The van der Waals surface area contributed by atoms with Gasteiger partial charge in [-0.25, -0.2) is 0 Å². The summed E-state index contributed by atoms with van der Waals surface area (Å²) in [5.74, 6) is 2.66. The molecule has 0 aliphatic rings. The Morgan fingerprint density at radius 3 is 1.82 bits per heavy atom. The lowest BCUT2D eigenvalue weighted by atomic mass is 10.1. The highest BCUT2D eigenvalue weighted by molar-refractivity contribution is 8.00. The summed E-state index contributed by atoms with van der Waals surface area (Å²) in [5, 5.41) is 0. The summed E-state index contributed by atoms with van der Waals surface area (Å²) in [4.78, 5) is 45.2. The molecule has 0 aliphatic carbocycles. The van der Waals surface area contributed by atoms with Crippen molar-refractivity contribution in [3.05, 3.63) is 0 Å². The van der Waals surface area contributed by atoms with E-state index in [1.54, 1.807) is 11.8 Å². The minimum atomic E-state index is -0.118. The topological polar surface area (TPSA) is 68.3 Å². The number of thioether (sulfide) groups is 2. The molecule has 0 amide bonds. The maximum atomic E-state index is 11.6. The predicted octanol–water partition coefficient (Wildman–Crippen LogP) is 3.11. The van der Waals surface area contributed by atoms with Crippen LogP contribution in [0.3, 0.4) is 0 Å². The second-order valence-electron chi connectivity index (χ2n) is 5.20. The van der Waals surface area contributed by atoms with E-state index in [9.17, 15) is 19.2 Å². The largest absolute Gasteiger partial charge is 0.300 e. The van der Waals surface area contributed by atoms with Gasteiger partial charge in [0.1, 0.15) is 23.1 Å². The van der Waals surface area contributed by atoms with Crippen molar-refractivity contribution in [2.45, 2.75) is 52.4 Å². The van der Waals surface area contributed by atoms with Crippen LogP contribution in [0.4, 0.5) is 0 Å². The quantitative estimate of drug-likeness (QED) is 0.335. The minimum absolute atomic E-state index is 0.00728. The van der Waals surface area contributed by atoms with Gasteiger partial charge in [0.25, 0.3) is 0 Å². The van der Waals surface area contributed by atoms with Crippen LogP contribution in [0.5, 0.6) is 0 Å². The molecule has 126 valence electrons. The molecule has 0 saturated carbocycles. The molecule has 22 heavy (non-hydrogen) atoms. The highest BCUT2D eigenvalue weighted by Gasteiger charge is 2.08. The molecule has 6 heteroatoms. The van der Waals surface area contributed by atoms with E-state index >= 15 is 0 Å². The lowest BCUT2D eigenvalue weighted by molar-refractivity contribution is -0.126. The Morgan fingerprint density at radius 2 is 1.32 bits per heavy atom. The smallest absolute Gasteiger partial charge is 0.142 e. The van der Waals surface area contributed by atoms with Gasteiger partial charge < -0.3 is 0 Å². The lowest BCUT2D eigenvalue weighted by Gasteiger charge is -2.02. The van der Waals surface area contributed by atoms with Gasteiger partial charge in [-0.1, -0.05) is 6.92 Å². The van der Waals surface area contributed by atoms with Crippen molar-refractivity contribution in [2.75, 3.05) is 23.0 Å². The monoisotopic (exact) mass is 346 g/mol. The summed E-state index contributed by atoms with van der Waals surface area (Å²) in [6.45, 7) is 3.48. The Bertz CT molecular complexity index is 380. The Balaban J connectivity index is 3.52. The number of carbonyl (C=O) groups excluding carboxylic acids is 4. The van der Waals surface area contributed by atoms with E-state index in [2.05, 4.69) is 6.92 Å². The summed E-state index contributed by atoms with van der Waals surface area (Å²) in [6.07, 6.45) is 2.93. The molecule has 0 unspecified atom stereocenters. The molecular weight excluding hydrogens is 320 g/mol. The van der Waals surface area contributed by atoms with Crippen LogP contribution in [0.1, 0.15) is 52.4 Å². The van der Waals surface area contributed by atoms with E-state index in [0.717, 1.165) is 12.2 Å². The number of rotatable bonds is 15. The van der Waals surface area contributed by atoms with Crippen molar-refractivity contribution in [2.24, 2.45) is 0 Å². The van der Waals surface area contributed by atoms with Crippen molar-refractivity contribution in [1.29, 1.82) is 0 Å². The van der Waals surface area contributed by atoms with Gasteiger partial charge in [0.05, 0.1) is 17.9 Å². The predicted molar refractivity (Wildman–Crippen MR) is 93.7 cm³/mol. The van der Waals surface area contributed by atoms with E-state index in [4.69, 9.17) is 0 Å². The first-order chi connectivity index (χ1) is 10.5. The molecule has 0 bridgehead atoms. The number of hydrogen-bond donors (Lipinski definition) is 0. The number of ketones is 4. The molecule has 0 aromatic rings. The summed E-state index contributed by atoms with van der Waals surface area (Å²) < 4.78 is 0. The summed E-state index contributed by atoms with van der Waals surface area (Å²) >= 11 is 3.07. The first-order valence-corrected chi connectivity index (χ1v) is 9.96. The number of carbonyl (C=O) groups is 4. The van der Waals surface area contributed by atoms with E-state index in [1.807, 2.05) is 0 Å². The average Bonchev–Trinajstić information content (AvgIpc) is 2.43. The number of Topliss-reactive ketones (excluding diaryl/α,β-unsaturated/α-hetero) is 4. The van der Waals surface area contributed by atoms with Crippen LogP contribution in [-0.2, 0) is 19.2 Å². The molecule has 0 spiro atoms. The number of hydrogen-bond acceptors (Lipinski definition) is 6. The maximum Gasteiger partial charge on any atom is 0.142 e. The SMILES string of the molecule is CCCSCC(=O)CCCC(=O)CSCCC(=O)CC(C)=O. The van der Waals surface area contributed by atoms with E-state index in [0.29, 0.717) is 42.9 Å². The van der Waals surface area contributed by atoms with Crippen molar-refractivity contribution in [3.63, 3.8) is 0 Å². The van der Waals surface area contributed by atoms with Gasteiger partial charge in [-0.15, -0.1) is 0 Å². The third-order valence-electron chi connectivity index (χ3n) is 2.76. The third-order valence-corrected chi connectivity index (χ3v) is 5.00. The van der Waals surface area contributed by atoms with E-state index in [1.165, 1.54) is 18.7 Å². The third kappa shape index (κ3) is 14.3. The maximum absolute atomic E-state index is 11.6. The van der Waals surface area contributed by atoms with Gasteiger partial charge in [0.15, 0.2) is 0 Å². The van der Waals surface area contributed by atoms with E-state index in [-0.39, 0.29) is 29.6 Å². The van der Waals surface area contributed by atoms with Crippen molar-refractivity contribution in [1.82, 2.24) is 0 Å². The van der Waals surface area contributed by atoms with Gasteiger partial charge in [0.2, 0.25) is 0 Å². The van der Waals surface area contributed by atoms with Crippen molar-refractivity contribution in [3.8, 4) is 0 Å². The molecule has 4 nitrogen and oxygen atoms in total. The molecule has 0 heterocycles. The van der Waals surface area contributed by atoms with Gasteiger partial charge >= 0.3 is 0 Å². The lowest BCUT2D eigenvalue weighted by Crippen LogP contribution is -2.08. The molecular formula is C16H26O4S2. The Labute approximate surface area is 141 Å². The fourth-order valence-electron chi connectivity index (χ4n) is 1.70. The van der Waals surface area contributed by atoms with Crippen LogP contribution >= 0.6 is 23.5 Å². The van der Waals surface area contributed by atoms with Gasteiger partial charge in [0, 0.05) is 25.0 Å². The van der Waals surface area contributed by atoms with Crippen molar-refractivity contribution >= 4 is 46.7 Å². The second-order valence-corrected chi connectivity index (χ2v) is 7.41. The highest BCUT2D eigenvalue weighted by Crippen LogP contribution is 2.09. The molecule has 0 rings (SSSR count). The molecule has 0 saturated heterocycles. The first-order valence-electron chi connectivity index (χ1n) is 7.65. The van der Waals surface area contributed by atoms with Crippen LogP contribution in [0.2, 0.25) is 0 Å². The normalized spacial score (nSPS) is 10.5. The Morgan fingerprint density at radius 1 is 0.773 bits per heavy atom. The zero-order valence-electron chi connectivity index (χ0n) is 13.5. The van der Waals surface area contributed by atoms with Gasteiger partial charge in [-0.3, -0.25) is 19.2 Å². The fraction of sp³-hybridized carbons (Fsp3) is 0.750. The molecule has 0 aromatic heterocycles. The van der Waals surface area contributed by atoms with Gasteiger partial charge in [-0.05, 0) is 25.5 Å². The standard InChI is InChI=1S/C16H26O4S2/c1-3-8-21-11-15(19)5-4-6-16(20)12-22-9-7-14(18)10-13(2)17/h3-12H2,1-2H3. The van der Waals surface area contributed by atoms with Gasteiger partial charge in [-0.2, -0.15) is 23.5 Å². The summed E-state index contributed by atoms with van der Waals surface area (Å²) in [5.41, 5.74) is 0. The molecule has 0 aliphatic heterocycles. The van der Waals surface area contributed by atoms with Crippen LogP contribution < -0.4 is 0 Å². The van der Waals surface area contributed by atoms with Crippen LogP contribution in [0, 0.1) is 0 Å². The second kappa shape index (κ2) is 14.0. The van der Waals surface area contributed by atoms with Crippen LogP contribution in [0.15, 0.2) is 0 Å². The first kappa shape index (κ1) is 21.4. The molecule has 0 fully saturated rings. The average molecular weight is 347 g/mol. The minimum Gasteiger partial charge on any atom is -0.300 e. The highest BCUT2D eigenvalue weighted by atomic mass is 32.2. The molecule has 0 aromatic carbocycles. The Hall–Kier alpha value is -0.620. The summed E-state index contributed by atoms with van der Waals surface area (Å²) in [7, 11) is 0. The zero-order chi connectivity index (χ0) is 16.8. The van der Waals surface area contributed by atoms with Crippen molar-refractivity contribution < 1.29 is 19.2 Å². The molecule has 0 atom stereocenters. The Kier molecular flexibility index (Phi) is 13.6. The molecule has 0 radical (unpaired) electrons. The van der Waals surface area contributed by atoms with E-state index < -0.39 is 0 Å². The fourth-order valence-corrected chi connectivity index (χ4v) is 3.39. The zero-order valence-corrected chi connectivity index (χ0v) is 15.2. The molecule has 0 N–H and O–H groups in total. The van der Waals surface area contributed by atoms with Crippen LogP contribution in [-0.4, -0.2) is 46.1 Å². The summed E-state index contributed by atoms with van der Waals surface area (Å²) in [6, 6.07) is 0.